The maximum absolute atomic E-state index is 10.5. The van der Waals surface area contributed by atoms with E-state index in [0.717, 1.165) is 48.6 Å². The lowest BCUT2D eigenvalue weighted by molar-refractivity contribution is 0.0750. The largest absolute Gasteiger partial charge is 0.497 e. The summed E-state index contributed by atoms with van der Waals surface area (Å²) in [5.74, 6) is 1.51. The van der Waals surface area contributed by atoms with E-state index in [1.807, 2.05) is 30.6 Å². The van der Waals surface area contributed by atoms with Crippen LogP contribution in [0.1, 0.15) is 24.0 Å². The number of likely N-dealkylation sites (tertiary alicyclic amines) is 1. The minimum absolute atomic E-state index is 0.275. The second-order valence-electron chi connectivity index (χ2n) is 8.63. The molecule has 0 bridgehead atoms. The van der Waals surface area contributed by atoms with Gasteiger partial charge in [0.25, 0.3) is 0 Å². The van der Waals surface area contributed by atoms with Crippen LogP contribution < -0.4 is 9.47 Å². The summed E-state index contributed by atoms with van der Waals surface area (Å²) >= 11 is 0. The van der Waals surface area contributed by atoms with Crippen LogP contribution in [-0.2, 0) is 13.1 Å². The maximum Gasteiger partial charge on any atom is 0.127 e. The molecule has 2 heterocycles. The van der Waals surface area contributed by atoms with Crippen LogP contribution in [0.5, 0.6) is 11.5 Å². The molecule has 4 rings (SSSR count). The van der Waals surface area contributed by atoms with E-state index in [1.54, 1.807) is 7.11 Å². The summed E-state index contributed by atoms with van der Waals surface area (Å²) in [5, 5.41) is 12.8. The molecule has 1 aromatic heterocycles. The van der Waals surface area contributed by atoms with Crippen molar-refractivity contribution < 1.29 is 14.6 Å². The van der Waals surface area contributed by atoms with Crippen LogP contribution in [0.2, 0.25) is 0 Å². The van der Waals surface area contributed by atoms with Crippen molar-refractivity contribution in [3.05, 3.63) is 66.0 Å². The quantitative estimate of drug-likeness (QED) is 0.524. The van der Waals surface area contributed by atoms with E-state index in [4.69, 9.17) is 9.47 Å². The number of nitrogens with zero attached hydrogens (tertiary/aromatic N) is 3. The first-order valence-corrected chi connectivity index (χ1v) is 11.3. The number of aromatic nitrogens is 1. The molecule has 6 nitrogen and oxygen atoms in total. The molecule has 1 saturated heterocycles. The number of hydrogen-bond acceptors (Lipinski definition) is 6. The third kappa shape index (κ3) is 5.76. The summed E-state index contributed by atoms with van der Waals surface area (Å²) in [6, 6.07) is 14.3. The minimum Gasteiger partial charge on any atom is -0.497 e. The average Bonchev–Trinajstić information content (AvgIpc) is 3.31. The van der Waals surface area contributed by atoms with E-state index in [1.165, 1.54) is 23.8 Å². The van der Waals surface area contributed by atoms with Gasteiger partial charge in [-0.1, -0.05) is 24.3 Å². The van der Waals surface area contributed by atoms with Gasteiger partial charge in [-0.2, -0.15) is 0 Å². The van der Waals surface area contributed by atoms with Gasteiger partial charge in [0.15, 0.2) is 0 Å². The topological polar surface area (TPSA) is 58.1 Å². The average molecular weight is 436 g/mol. The molecule has 0 aliphatic carbocycles. The molecule has 170 valence electrons. The van der Waals surface area contributed by atoms with Crippen LogP contribution in [0.3, 0.4) is 0 Å². The highest BCUT2D eigenvalue weighted by molar-refractivity contribution is 5.84. The van der Waals surface area contributed by atoms with Gasteiger partial charge in [-0.05, 0) is 56.1 Å². The van der Waals surface area contributed by atoms with Crippen LogP contribution in [-0.4, -0.2) is 66.4 Å². The lowest BCUT2D eigenvalue weighted by Crippen LogP contribution is -2.33. The highest BCUT2D eigenvalue weighted by Gasteiger charge is 2.17. The predicted molar refractivity (Wildman–Crippen MR) is 127 cm³/mol. The molecule has 1 atom stereocenters. The Labute approximate surface area is 190 Å². The van der Waals surface area contributed by atoms with Crippen molar-refractivity contribution in [2.75, 3.05) is 40.4 Å². The molecule has 3 aromatic rings. The van der Waals surface area contributed by atoms with Crippen LogP contribution in [0.25, 0.3) is 10.8 Å². The van der Waals surface area contributed by atoms with Crippen molar-refractivity contribution in [2.45, 2.75) is 32.0 Å². The summed E-state index contributed by atoms with van der Waals surface area (Å²) in [7, 11) is 3.76. The predicted octanol–water partition coefficient (Wildman–Crippen LogP) is 3.71. The summed E-state index contributed by atoms with van der Waals surface area (Å²) in [6.07, 6.45) is 5.67. The Morgan fingerprint density at radius 3 is 2.72 bits per heavy atom. The van der Waals surface area contributed by atoms with Crippen molar-refractivity contribution in [2.24, 2.45) is 0 Å². The number of pyridine rings is 1. The van der Waals surface area contributed by atoms with E-state index < -0.39 is 6.10 Å². The molecule has 6 heteroatoms. The molecule has 0 radical (unpaired) electrons. The smallest absolute Gasteiger partial charge is 0.127 e. The zero-order valence-electron chi connectivity index (χ0n) is 19.0. The van der Waals surface area contributed by atoms with E-state index >= 15 is 0 Å². The fourth-order valence-corrected chi connectivity index (χ4v) is 4.39. The van der Waals surface area contributed by atoms with Crippen LogP contribution in [0.15, 0.2) is 54.9 Å². The van der Waals surface area contributed by atoms with E-state index in [9.17, 15) is 5.11 Å². The van der Waals surface area contributed by atoms with Gasteiger partial charge in [-0.3, -0.25) is 9.88 Å². The van der Waals surface area contributed by atoms with Crippen molar-refractivity contribution in [3.8, 4) is 11.5 Å². The number of methoxy groups -OCH3 is 1. The molecule has 1 N–H and O–H groups in total. The second kappa shape index (κ2) is 10.8. The molecule has 1 fully saturated rings. The molecule has 1 unspecified atom stereocenters. The third-order valence-corrected chi connectivity index (χ3v) is 6.02. The highest BCUT2D eigenvalue weighted by atomic mass is 16.5. The SMILES string of the molecule is COc1ccc(CN(C)Cc2cccc3cnccc23)c(OCC(O)CN2CCCC2)c1. The monoisotopic (exact) mass is 435 g/mol. The zero-order chi connectivity index (χ0) is 22.3. The van der Waals surface area contributed by atoms with Gasteiger partial charge in [-0.25, -0.2) is 0 Å². The van der Waals surface area contributed by atoms with Gasteiger partial charge in [0.2, 0.25) is 0 Å². The number of fused-ring (bicyclic) bond motifs is 1. The third-order valence-electron chi connectivity index (χ3n) is 6.02. The fraction of sp³-hybridized carbons (Fsp3) is 0.423. The lowest BCUT2D eigenvalue weighted by Gasteiger charge is -2.22. The summed E-state index contributed by atoms with van der Waals surface area (Å²) in [6.45, 7) is 4.60. The van der Waals surface area contributed by atoms with E-state index in [2.05, 4.69) is 46.1 Å². The van der Waals surface area contributed by atoms with Gasteiger partial charge in [0.05, 0.1) is 7.11 Å². The van der Waals surface area contributed by atoms with Crippen LogP contribution in [0, 0.1) is 0 Å². The number of hydrogen-bond donors (Lipinski definition) is 1. The first kappa shape index (κ1) is 22.5. The Balaban J connectivity index is 1.42. The molecule has 2 aromatic carbocycles. The number of benzene rings is 2. The van der Waals surface area contributed by atoms with Gasteiger partial charge in [-0.15, -0.1) is 0 Å². The van der Waals surface area contributed by atoms with Gasteiger partial charge >= 0.3 is 0 Å². The molecule has 0 amide bonds. The number of aliphatic hydroxyl groups is 1. The Morgan fingerprint density at radius 1 is 1.09 bits per heavy atom. The van der Waals surface area contributed by atoms with Crippen LogP contribution >= 0.6 is 0 Å². The van der Waals surface area contributed by atoms with Gasteiger partial charge in [0.1, 0.15) is 24.2 Å². The highest BCUT2D eigenvalue weighted by Crippen LogP contribution is 2.27. The van der Waals surface area contributed by atoms with Crippen molar-refractivity contribution in [1.29, 1.82) is 0 Å². The molecule has 1 aliphatic heterocycles. The molecular weight excluding hydrogens is 402 g/mol. The molecular formula is C26H33N3O3. The van der Waals surface area contributed by atoms with Gasteiger partial charge in [0, 0.05) is 49.0 Å². The number of aliphatic hydroxyl groups excluding tert-OH is 1. The van der Waals surface area contributed by atoms with Crippen molar-refractivity contribution in [1.82, 2.24) is 14.8 Å². The fourth-order valence-electron chi connectivity index (χ4n) is 4.39. The van der Waals surface area contributed by atoms with E-state index in [0.29, 0.717) is 6.54 Å². The van der Waals surface area contributed by atoms with Crippen molar-refractivity contribution >= 4 is 10.8 Å². The normalized spacial score (nSPS) is 15.4. The summed E-state index contributed by atoms with van der Waals surface area (Å²) in [4.78, 5) is 8.80. The standard InChI is InChI=1S/C26H33N3O3/c1-28(16-21-7-5-6-20-15-27-11-10-25(20)21)17-22-8-9-24(31-2)14-26(22)32-19-23(30)18-29-12-3-4-13-29/h5-11,14-15,23,30H,3-4,12-13,16-19H2,1-2H3. The number of rotatable bonds is 10. The second-order valence-corrected chi connectivity index (χ2v) is 8.63. The zero-order valence-corrected chi connectivity index (χ0v) is 19.0. The van der Waals surface area contributed by atoms with E-state index in [-0.39, 0.29) is 6.61 Å². The summed E-state index contributed by atoms with van der Waals surface area (Å²) in [5.41, 5.74) is 2.34. The Hall–Kier alpha value is -2.67. The number of ether oxygens (including phenoxy) is 2. The first-order chi connectivity index (χ1) is 15.6. The minimum atomic E-state index is -0.505. The Kier molecular flexibility index (Phi) is 7.58. The number of β-amino-alcohol motifs (C(OH)–C–C–N with tert-alkyl or cyclic N) is 1. The maximum atomic E-state index is 10.5. The Morgan fingerprint density at radius 2 is 1.91 bits per heavy atom. The molecule has 0 saturated carbocycles. The molecule has 1 aliphatic rings. The Bertz CT molecular complexity index is 1010. The summed E-state index contributed by atoms with van der Waals surface area (Å²) < 4.78 is 11.5. The van der Waals surface area contributed by atoms with Crippen molar-refractivity contribution in [3.63, 3.8) is 0 Å². The molecule has 0 spiro atoms. The van der Waals surface area contributed by atoms with Gasteiger partial charge < -0.3 is 19.5 Å². The van der Waals surface area contributed by atoms with Crippen LogP contribution in [0.4, 0.5) is 0 Å². The lowest BCUT2D eigenvalue weighted by atomic mass is 10.1. The molecule has 32 heavy (non-hydrogen) atoms. The first-order valence-electron chi connectivity index (χ1n) is 11.3.